The molecule has 0 aliphatic heterocycles. The average Bonchev–Trinajstić information content (AvgIpc) is 2.93. The summed E-state index contributed by atoms with van der Waals surface area (Å²) in [6, 6.07) is 18.3. The van der Waals surface area contributed by atoms with Gasteiger partial charge in [-0.05, 0) is 80.6 Å². The minimum atomic E-state index is -4.12. The molecule has 0 spiro atoms. The first-order chi connectivity index (χ1) is 19.0. The molecule has 7 nitrogen and oxygen atoms in total. The lowest BCUT2D eigenvalue weighted by Gasteiger charge is -2.33. The fraction of sp³-hybridized carbons (Fsp3) is 0.355. The molecule has 9 heteroatoms. The molecule has 0 aromatic heterocycles. The maximum Gasteiger partial charge on any atom is 0.264 e. The summed E-state index contributed by atoms with van der Waals surface area (Å²) < 4.78 is 29.2. The van der Waals surface area contributed by atoms with Gasteiger partial charge in [-0.25, -0.2) is 8.42 Å². The number of sulfonamides is 1. The molecule has 3 rings (SSSR count). The highest BCUT2D eigenvalue weighted by molar-refractivity contribution is 7.92. The normalized spacial score (nSPS) is 12.1. The topological polar surface area (TPSA) is 86.8 Å². The van der Waals surface area contributed by atoms with E-state index in [0.717, 1.165) is 27.4 Å². The average molecular weight is 584 g/mol. The number of rotatable bonds is 12. The second kappa shape index (κ2) is 13.8. The molecule has 2 amide bonds. The summed E-state index contributed by atoms with van der Waals surface area (Å²) in [6.07, 6.45) is 1.12. The van der Waals surface area contributed by atoms with Crippen LogP contribution in [0.4, 0.5) is 5.69 Å². The maximum atomic E-state index is 14.1. The third-order valence-corrected chi connectivity index (χ3v) is 8.75. The van der Waals surface area contributed by atoms with Crippen molar-refractivity contribution in [2.45, 2.75) is 64.9 Å². The van der Waals surface area contributed by atoms with Crippen molar-refractivity contribution in [2.24, 2.45) is 0 Å². The van der Waals surface area contributed by atoms with E-state index in [9.17, 15) is 18.0 Å². The molecule has 1 atom stereocenters. The molecule has 1 unspecified atom stereocenters. The van der Waals surface area contributed by atoms with E-state index in [1.807, 2.05) is 46.8 Å². The van der Waals surface area contributed by atoms with Crippen molar-refractivity contribution in [2.75, 3.05) is 17.4 Å². The SMILES string of the molecule is CCCNC(=O)C(CC)N(Cc1ccc(Cl)cc1)C(=O)CN(c1cc(C)ccc1C)S(=O)(=O)c1ccc(C)cc1. The molecular weight excluding hydrogens is 546 g/mol. The molecule has 3 aromatic carbocycles. The Balaban J connectivity index is 2.09. The molecule has 0 bridgehead atoms. The number of aryl methyl sites for hydroxylation is 3. The van der Waals surface area contributed by atoms with Gasteiger partial charge in [-0.3, -0.25) is 13.9 Å². The molecule has 0 aliphatic rings. The number of amides is 2. The Hall–Kier alpha value is -3.36. The summed E-state index contributed by atoms with van der Waals surface area (Å²) >= 11 is 6.07. The van der Waals surface area contributed by atoms with Gasteiger partial charge in [0.25, 0.3) is 10.0 Å². The van der Waals surface area contributed by atoms with Crippen LogP contribution in [0.15, 0.2) is 71.6 Å². The molecule has 214 valence electrons. The number of hydrogen-bond donors (Lipinski definition) is 1. The van der Waals surface area contributed by atoms with Gasteiger partial charge < -0.3 is 10.2 Å². The van der Waals surface area contributed by atoms with Crippen LogP contribution in [0.5, 0.6) is 0 Å². The standard InChI is InChI=1S/C31H38ClN3O4S/c1-6-18-33-31(37)28(7-2)34(20-25-12-14-26(32)15-13-25)30(36)21-35(29-19-23(4)8-11-24(29)5)40(38,39)27-16-9-22(3)10-17-27/h8-17,19,28H,6-7,18,20-21H2,1-5H3,(H,33,37). The van der Waals surface area contributed by atoms with E-state index >= 15 is 0 Å². The van der Waals surface area contributed by atoms with Crippen molar-refractivity contribution in [1.82, 2.24) is 10.2 Å². The monoisotopic (exact) mass is 583 g/mol. The van der Waals surface area contributed by atoms with E-state index in [2.05, 4.69) is 5.32 Å². The smallest absolute Gasteiger partial charge is 0.264 e. The fourth-order valence-corrected chi connectivity index (χ4v) is 6.01. The summed E-state index contributed by atoms with van der Waals surface area (Å²) in [7, 11) is -4.12. The van der Waals surface area contributed by atoms with E-state index in [1.165, 1.54) is 4.90 Å². The van der Waals surface area contributed by atoms with Crippen LogP contribution in [0.3, 0.4) is 0 Å². The van der Waals surface area contributed by atoms with Crippen molar-refractivity contribution >= 4 is 39.1 Å². The maximum absolute atomic E-state index is 14.1. The highest BCUT2D eigenvalue weighted by atomic mass is 35.5. The van der Waals surface area contributed by atoms with Crippen LogP contribution in [-0.2, 0) is 26.2 Å². The van der Waals surface area contributed by atoms with Gasteiger partial charge in [-0.1, -0.05) is 67.4 Å². The second-order valence-electron chi connectivity index (χ2n) is 9.98. The summed E-state index contributed by atoms with van der Waals surface area (Å²) in [5.74, 6) is -0.753. The second-order valence-corrected chi connectivity index (χ2v) is 12.3. The number of nitrogens with zero attached hydrogens (tertiary/aromatic N) is 2. The number of anilines is 1. The number of carbonyl (C=O) groups excluding carboxylic acids is 2. The molecule has 0 saturated heterocycles. The van der Waals surface area contributed by atoms with Gasteiger partial charge in [0.2, 0.25) is 11.8 Å². The van der Waals surface area contributed by atoms with Gasteiger partial charge in [-0.2, -0.15) is 0 Å². The predicted octanol–water partition coefficient (Wildman–Crippen LogP) is 5.79. The summed E-state index contributed by atoms with van der Waals surface area (Å²) in [6.45, 7) is 9.50. The third-order valence-electron chi connectivity index (χ3n) is 6.72. The van der Waals surface area contributed by atoms with Crippen LogP contribution in [0.2, 0.25) is 5.02 Å². The van der Waals surface area contributed by atoms with Crippen LogP contribution in [0.1, 0.15) is 48.9 Å². The lowest BCUT2D eigenvalue weighted by molar-refractivity contribution is -0.140. The van der Waals surface area contributed by atoms with Crippen molar-refractivity contribution in [3.05, 3.63) is 94.0 Å². The first-order valence-corrected chi connectivity index (χ1v) is 15.3. The largest absolute Gasteiger partial charge is 0.354 e. The first-order valence-electron chi connectivity index (χ1n) is 13.5. The Morgan fingerprint density at radius 2 is 1.52 bits per heavy atom. The molecule has 0 radical (unpaired) electrons. The number of carbonyl (C=O) groups is 2. The van der Waals surface area contributed by atoms with Crippen LogP contribution in [0, 0.1) is 20.8 Å². The van der Waals surface area contributed by atoms with E-state index < -0.39 is 28.5 Å². The molecule has 40 heavy (non-hydrogen) atoms. The molecule has 0 heterocycles. The minimum Gasteiger partial charge on any atom is -0.354 e. The third kappa shape index (κ3) is 7.64. The highest BCUT2D eigenvalue weighted by Crippen LogP contribution is 2.29. The van der Waals surface area contributed by atoms with Crippen LogP contribution in [0.25, 0.3) is 0 Å². The number of halogens is 1. The fourth-order valence-electron chi connectivity index (χ4n) is 4.41. The van der Waals surface area contributed by atoms with Crippen LogP contribution in [-0.4, -0.2) is 44.3 Å². The molecule has 1 N–H and O–H groups in total. The molecular formula is C31H38ClN3O4S. The summed E-state index contributed by atoms with van der Waals surface area (Å²) in [4.78, 5) is 28.8. The summed E-state index contributed by atoms with van der Waals surface area (Å²) in [5, 5.41) is 3.45. The van der Waals surface area contributed by atoms with Crippen molar-refractivity contribution in [1.29, 1.82) is 0 Å². The van der Waals surface area contributed by atoms with Gasteiger partial charge in [0.15, 0.2) is 0 Å². The Morgan fingerprint density at radius 3 is 2.12 bits per heavy atom. The number of nitrogens with one attached hydrogen (secondary N) is 1. The zero-order chi connectivity index (χ0) is 29.4. The lowest BCUT2D eigenvalue weighted by atomic mass is 10.1. The Kier molecular flexibility index (Phi) is 10.8. The van der Waals surface area contributed by atoms with Crippen molar-refractivity contribution in [3.8, 4) is 0 Å². The van der Waals surface area contributed by atoms with Gasteiger partial charge in [-0.15, -0.1) is 0 Å². The first kappa shape index (κ1) is 31.2. The van der Waals surface area contributed by atoms with E-state index in [-0.39, 0.29) is 17.3 Å². The van der Waals surface area contributed by atoms with E-state index in [0.29, 0.717) is 29.2 Å². The minimum absolute atomic E-state index is 0.0868. The predicted molar refractivity (Wildman–Crippen MR) is 161 cm³/mol. The number of hydrogen-bond acceptors (Lipinski definition) is 4. The van der Waals surface area contributed by atoms with Gasteiger partial charge in [0.05, 0.1) is 10.6 Å². The molecule has 0 fully saturated rings. The van der Waals surface area contributed by atoms with E-state index in [4.69, 9.17) is 11.6 Å². The number of benzene rings is 3. The van der Waals surface area contributed by atoms with Gasteiger partial charge in [0.1, 0.15) is 12.6 Å². The zero-order valence-corrected chi connectivity index (χ0v) is 25.3. The Labute approximate surface area is 243 Å². The van der Waals surface area contributed by atoms with Gasteiger partial charge >= 0.3 is 0 Å². The molecule has 3 aromatic rings. The van der Waals surface area contributed by atoms with Gasteiger partial charge in [0, 0.05) is 18.1 Å². The Morgan fingerprint density at radius 1 is 0.900 bits per heavy atom. The van der Waals surface area contributed by atoms with Crippen molar-refractivity contribution in [3.63, 3.8) is 0 Å². The highest BCUT2D eigenvalue weighted by Gasteiger charge is 2.34. The quantitative estimate of drug-likeness (QED) is 0.292. The lowest BCUT2D eigenvalue weighted by Crippen LogP contribution is -2.52. The summed E-state index contributed by atoms with van der Waals surface area (Å²) in [5.41, 5.74) is 3.70. The van der Waals surface area contributed by atoms with Crippen LogP contribution >= 0.6 is 11.6 Å². The Bertz CT molecular complexity index is 1420. The van der Waals surface area contributed by atoms with Crippen molar-refractivity contribution < 1.29 is 18.0 Å². The molecule has 0 saturated carbocycles. The zero-order valence-electron chi connectivity index (χ0n) is 23.8. The van der Waals surface area contributed by atoms with Crippen LogP contribution < -0.4 is 9.62 Å². The molecule has 0 aliphatic carbocycles. The van der Waals surface area contributed by atoms with E-state index in [1.54, 1.807) is 54.6 Å².